The molecule has 2 rings (SSSR count). The van der Waals surface area contributed by atoms with Gasteiger partial charge in [-0.1, -0.05) is 26.7 Å². The molecule has 16 heavy (non-hydrogen) atoms. The Balaban J connectivity index is 2.04. The highest BCUT2D eigenvalue weighted by Crippen LogP contribution is 2.35. The summed E-state index contributed by atoms with van der Waals surface area (Å²) in [6, 6.07) is 0.587. The average Bonchev–Trinajstić information content (AvgIpc) is 2.36. The molecule has 2 fully saturated rings. The third-order valence-electron chi connectivity index (χ3n) is 4.56. The standard InChI is InChI=1S/C14H25NO/c1-3-11(2)14(16)15-10-6-8-12-7-4-5-9-13(12)15/h11-13H,3-10H2,1-2H3/t11-,12+,13+/m0/s1. The van der Waals surface area contributed by atoms with Gasteiger partial charge in [-0.2, -0.15) is 0 Å². The Labute approximate surface area is 99.4 Å². The van der Waals surface area contributed by atoms with Crippen molar-refractivity contribution in [1.29, 1.82) is 0 Å². The molecule has 0 spiro atoms. The van der Waals surface area contributed by atoms with Crippen LogP contribution in [0.15, 0.2) is 0 Å². The maximum Gasteiger partial charge on any atom is 0.225 e. The number of likely N-dealkylation sites (tertiary alicyclic amines) is 1. The molecule has 92 valence electrons. The second-order valence-corrected chi connectivity index (χ2v) is 5.60. The molecule has 3 atom stereocenters. The molecule has 0 radical (unpaired) electrons. The van der Waals surface area contributed by atoms with E-state index in [1.165, 1.54) is 38.5 Å². The third-order valence-corrected chi connectivity index (χ3v) is 4.56. The summed E-state index contributed by atoms with van der Waals surface area (Å²) in [7, 11) is 0. The fourth-order valence-corrected chi connectivity index (χ4v) is 3.36. The van der Waals surface area contributed by atoms with Crippen molar-refractivity contribution < 1.29 is 4.79 Å². The number of carbonyl (C=O) groups is 1. The van der Waals surface area contributed by atoms with Crippen molar-refractivity contribution in [3.63, 3.8) is 0 Å². The van der Waals surface area contributed by atoms with E-state index in [1.54, 1.807) is 0 Å². The Morgan fingerprint density at radius 2 is 1.94 bits per heavy atom. The van der Waals surface area contributed by atoms with Crippen LogP contribution in [0.2, 0.25) is 0 Å². The Morgan fingerprint density at radius 1 is 1.25 bits per heavy atom. The number of carbonyl (C=O) groups excluding carboxylic acids is 1. The van der Waals surface area contributed by atoms with Crippen molar-refractivity contribution in [2.24, 2.45) is 11.8 Å². The summed E-state index contributed by atoms with van der Waals surface area (Å²) in [5.74, 6) is 1.45. The monoisotopic (exact) mass is 223 g/mol. The van der Waals surface area contributed by atoms with Crippen LogP contribution in [0.5, 0.6) is 0 Å². The summed E-state index contributed by atoms with van der Waals surface area (Å²) < 4.78 is 0. The predicted molar refractivity (Wildman–Crippen MR) is 66.1 cm³/mol. The highest BCUT2D eigenvalue weighted by Gasteiger charge is 2.36. The third kappa shape index (κ3) is 2.26. The number of hydrogen-bond acceptors (Lipinski definition) is 1. The molecule has 0 unspecified atom stereocenters. The largest absolute Gasteiger partial charge is 0.339 e. The molecule has 0 aromatic rings. The van der Waals surface area contributed by atoms with Crippen LogP contribution >= 0.6 is 0 Å². The van der Waals surface area contributed by atoms with Crippen molar-refractivity contribution in [3.05, 3.63) is 0 Å². The summed E-state index contributed by atoms with van der Waals surface area (Å²) in [5.41, 5.74) is 0. The lowest BCUT2D eigenvalue weighted by Gasteiger charge is -2.45. The molecule has 1 saturated heterocycles. The van der Waals surface area contributed by atoms with E-state index in [1.807, 2.05) is 0 Å². The van der Waals surface area contributed by atoms with E-state index in [4.69, 9.17) is 0 Å². The van der Waals surface area contributed by atoms with Gasteiger partial charge in [0.2, 0.25) is 5.91 Å². The van der Waals surface area contributed by atoms with Crippen LogP contribution in [-0.4, -0.2) is 23.4 Å². The van der Waals surface area contributed by atoms with Gasteiger partial charge >= 0.3 is 0 Å². The average molecular weight is 223 g/mol. The lowest BCUT2D eigenvalue weighted by Crippen LogP contribution is -2.51. The Kier molecular flexibility index (Phi) is 3.88. The summed E-state index contributed by atoms with van der Waals surface area (Å²) in [6.07, 6.45) is 8.88. The van der Waals surface area contributed by atoms with Crippen molar-refractivity contribution in [2.45, 2.75) is 64.8 Å². The van der Waals surface area contributed by atoms with Crippen LogP contribution in [0.3, 0.4) is 0 Å². The summed E-state index contributed by atoms with van der Waals surface area (Å²) in [5, 5.41) is 0. The minimum absolute atomic E-state index is 0.223. The van der Waals surface area contributed by atoms with E-state index >= 15 is 0 Å². The SMILES string of the molecule is CC[C@H](C)C(=O)N1CCC[C@H]2CCCC[C@H]21. The first-order valence-corrected chi connectivity index (χ1v) is 7.04. The minimum atomic E-state index is 0.223. The van der Waals surface area contributed by atoms with E-state index in [0.29, 0.717) is 11.9 Å². The van der Waals surface area contributed by atoms with Crippen molar-refractivity contribution >= 4 is 5.91 Å². The number of nitrogens with zero attached hydrogens (tertiary/aromatic N) is 1. The van der Waals surface area contributed by atoms with E-state index in [-0.39, 0.29) is 5.92 Å². The molecule has 1 aliphatic carbocycles. The summed E-state index contributed by atoms with van der Waals surface area (Å²) in [4.78, 5) is 14.5. The molecule has 2 nitrogen and oxygen atoms in total. The first-order valence-electron chi connectivity index (χ1n) is 7.04. The van der Waals surface area contributed by atoms with Crippen molar-refractivity contribution in [1.82, 2.24) is 4.90 Å². The molecule has 0 aromatic heterocycles. The Hall–Kier alpha value is -0.530. The van der Waals surface area contributed by atoms with Gasteiger partial charge in [0.1, 0.15) is 0 Å². The molecule has 1 aliphatic heterocycles. The number of piperidine rings is 1. The molecule has 1 heterocycles. The molecule has 0 aromatic carbocycles. The zero-order valence-corrected chi connectivity index (χ0v) is 10.7. The molecule has 0 N–H and O–H groups in total. The molecule has 2 heteroatoms. The molecule has 2 aliphatic rings. The fourth-order valence-electron chi connectivity index (χ4n) is 3.36. The van der Waals surface area contributed by atoms with Crippen LogP contribution in [-0.2, 0) is 4.79 Å². The second kappa shape index (κ2) is 5.20. The van der Waals surface area contributed by atoms with Gasteiger partial charge in [0.05, 0.1) is 0 Å². The molecular formula is C14H25NO. The van der Waals surface area contributed by atoms with Gasteiger partial charge in [-0.25, -0.2) is 0 Å². The normalized spacial score (nSPS) is 32.0. The topological polar surface area (TPSA) is 20.3 Å². The van der Waals surface area contributed by atoms with Gasteiger partial charge in [-0.3, -0.25) is 4.79 Å². The maximum atomic E-state index is 12.3. The van der Waals surface area contributed by atoms with Crippen molar-refractivity contribution in [3.8, 4) is 0 Å². The lowest BCUT2D eigenvalue weighted by atomic mass is 9.78. The van der Waals surface area contributed by atoms with Crippen molar-refractivity contribution in [2.75, 3.05) is 6.54 Å². The lowest BCUT2D eigenvalue weighted by molar-refractivity contribution is -0.141. The summed E-state index contributed by atoms with van der Waals surface area (Å²) >= 11 is 0. The summed E-state index contributed by atoms with van der Waals surface area (Å²) in [6.45, 7) is 5.21. The van der Waals surface area contributed by atoms with Gasteiger partial charge in [0.15, 0.2) is 0 Å². The minimum Gasteiger partial charge on any atom is -0.339 e. The van der Waals surface area contributed by atoms with Crippen LogP contribution in [0.4, 0.5) is 0 Å². The zero-order chi connectivity index (χ0) is 11.5. The second-order valence-electron chi connectivity index (χ2n) is 5.60. The molecule has 1 saturated carbocycles. The molecular weight excluding hydrogens is 198 g/mol. The van der Waals surface area contributed by atoms with E-state index < -0.39 is 0 Å². The van der Waals surface area contributed by atoms with Crippen LogP contribution in [0, 0.1) is 11.8 Å². The fraction of sp³-hybridized carbons (Fsp3) is 0.929. The number of amides is 1. The van der Waals surface area contributed by atoms with Crippen LogP contribution in [0.25, 0.3) is 0 Å². The van der Waals surface area contributed by atoms with Crippen LogP contribution < -0.4 is 0 Å². The smallest absolute Gasteiger partial charge is 0.225 e. The van der Waals surface area contributed by atoms with E-state index in [2.05, 4.69) is 18.7 Å². The first-order chi connectivity index (χ1) is 7.74. The first kappa shape index (κ1) is 11.9. The number of fused-ring (bicyclic) bond motifs is 1. The highest BCUT2D eigenvalue weighted by atomic mass is 16.2. The van der Waals surface area contributed by atoms with Gasteiger partial charge < -0.3 is 4.90 Å². The Morgan fingerprint density at radius 3 is 2.69 bits per heavy atom. The van der Waals surface area contributed by atoms with Crippen LogP contribution in [0.1, 0.15) is 58.8 Å². The van der Waals surface area contributed by atoms with Gasteiger partial charge in [-0.05, 0) is 38.0 Å². The highest BCUT2D eigenvalue weighted by molar-refractivity contribution is 5.78. The number of rotatable bonds is 2. The van der Waals surface area contributed by atoms with Gasteiger partial charge in [0, 0.05) is 18.5 Å². The zero-order valence-electron chi connectivity index (χ0n) is 10.7. The quantitative estimate of drug-likeness (QED) is 0.704. The Bertz CT molecular complexity index is 249. The maximum absolute atomic E-state index is 12.3. The van der Waals surface area contributed by atoms with Gasteiger partial charge in [0.25, 0.3) is 0 Å². The van der Waals surface area contributed by atoms with E-state index in [9.17, 15) is 4.79 Å². The predicted octanol–water partition coefficient (Wildman–Crippen LogP) is 3.21. The van der Waals surface area contributed by atoms with E-state index in [0.717, 1.165) is 18.9 Å². The molecule has 0 bridgehead atoms. The van der Waals surface area contributed by atoms with Gasteiger partial charge in [-0.15, -0.1) is 0 Å². The molecule has 1 amide bonds. The number of hydrogen-bond donors (Lipinski definition) is 0.